The summed E-state index contributed by atoms with van der Waals surface area (Å²) in [6.07, 6.45) is 23.1. The number of aryl methyl sites for hydroxylation is 2. The number of benzene rings is 2. The van der Waals surface area contributed by atoms with E-state index in [0.29, 0.717) is 12.2 Å². The highest BCUT2D eigenvalue weighted by molar-refractivity contribution is 5.33. The molecule has 1 nitrogen and oxygen atoms in total. The van der Waals surface area contributed by atoms with Gasteiger partial charge in [-0.1, -0.05) is 68.7 Å². The van der Waals surface area contributed by atoms with Crippen LogP contribution in [-0.2, 0) is 12.8 Å². The molecule has 39 heavy (non-hydrogen) atoms. The van der Waals surface area contributed by atoms with E-state index in [4.69, 9.17) is 4.74 Å². The lowest BCUT2D eigenvalue weighted by molar-refractivity contribution is 0.170. The number of halogens is 2. The van der Waals surface area contributed by atoms with Gasteiger partial charge >= 0.3 is 0 Å². The highest BCUT2D eigenvalue weighted by Crippen LogP contribution is 2.45. The van der Waals surface area contributed by atoms with E-state index in [9.17, 15) is 8.78 Å². The SMILES string of the molecule is CCCCCCc1ccc(CCC=CC2CCC(C3CCC(c4ccc(OCC)c(F)c4F)CC3)CC2)cc1. The summed E-state index contributed by atoms with van der Waals surface area (Å²) in [4.78, 5) is 0. The molecule has 2 aromatic rings. The largest absolute Gasteiger partial charge is 0.491 e. The molecular formula is C36H50F2O. The Hall–Kier alpha value is -2.16. The van der Waals surface area contributed by atoms with E-state index < -0.39 is 11.6 Å². The van der Waals surface area contributed by atoms with Gasteiger partial charge in [0.25, 0.3) is 0 Å². The van der Waals surface area contributed by atoms with Gasteiger partial charge in [0.1, 0.15) is 0 Å². The van der Waals surface area contributed by atoms with Gasteiger partial charge in [0.05, 0.1) is 6.61 Å². The van der Waals surface area contributed by atoms with Gasteiger partial charge in [-0.3, -0.25) is 0 Å². The second-order valence-electron chi connectivity index (χ2n) is 12.1. The smallest absolute Gasteiger partial charge is 0.200 e. The van der Waals surface area contributed by atoms with Crippen LogP contribution in [0.25, 0.3) is 0 Å². The molecule has 4 rings (SSSR count). The van der Waals surface area contributed by atoms with Crippen molar-refractivity contribution in [2.45, 2.75) is 116 Å². The van der Waals surface area contributed by atoms with E-state index in [2.05, 4.69) is 43.3 Å². The predicted octanol–water partition coefficient (Wildman–Crippen LogP) is 10.8. The van der Waals surface area contributed by atoms with Gasteiger partial charge in [0, 0.05) is 0 Å². The van der Waals surface area contributed by atoms with E-state index in [1.54, 1.807) is 19.1 Å². The fourth-order valence-corrected chi connectivity index (χ4v) is 7.01. The molecule has 0 atom stereocenters. The highest BCUT2D eigenvalue weighted by Gasteiger charge is 2.32. The first kappa shape index (κ1) is 29.8. The molecule has 0 bridgehead atoms. The van der Waals surface area contributed by atoms with Gasteiger partial charge < -0.3 is 4.74 Å². The summed E-state index contributed by atoms with van der Waals surface area (Å²) < 4.78 is 34.3. The molecule has 0 aromatic heterocycles. The zero-order valence-corrected chi connectivity index (χ0v) is 24.4. The van der Waals surface area contributed by atoms with Gasteiger partial charge in [-0.05, 0) is 130 Å². The van der Waals surface area contributed by atoms with Crippen molar-refractivity contribution in [3.05, 3.63) is 76.9 Å². The highest BCUT2D eigenvalue weighted by atomic mass is 19.2. The van der Waals surface area contributed by atoms with Gasteiger partial charge in [0.2, 0.25) is 5.82 Å². The third-order valence-electron chi connectivity index (χ3n) is 9.42. The molecule has 2 aliphatic rings. The topological polar surface area (TPSA) is 9.23 Å². The van der Waals surface area contributed by atoms with Crippen molar-refractivity contribution in [2.75, 3.05) is 6.61 Å². The molecule has 0 N–H and O–H groups in total. The zero-order valence-electron chi connectivity index (χ0n) is 24.4. The van der Waals surface area contributed by atoms with Crippen LogP contribution in [0.2, 0.25) is 0 Å². The first-order valence-electron chi connectivity index (χ1n) is 15.9. The second kappa shape index (κ2) is 15.6. The molecule has 214 valence electrons. The first-order valence-corrected chi connectivity index (χ1v) is 15.9. The maximum atomic E-state index is 14.7. The number of ether oxygens (including phenoxy) is 1. The molecule has 0 spiro atoms. The third kappa shape index (κ3) is 8.66. The van der Waals surface area contributed by atoms with Crippen LogP contribution in [0.3, 0.4) is 0 Å². The van der Waals surface area contributed by atoms with Crippen LogP contribution < -0.4 is 4.74 Å². The Labute approximate surface area is 236 Å². The summed E-state index contributed by atoms with van der Waals surface area (Å²) in [5, 5.41) is 0. The van der Waals surface area contributed by atoms with E-state index in [1.807, 2.05) is 0 Å². The Balaban J connectivity index is 1.14. The maximum Gasteiger partial charge on any atom is 0.200 e. The summed E-state index contributed by atoms with van der Waals surface area (Å²) >= 11 is 0. The number of unbranched alkanes of at least 4 members (excludes halogenated alkanes) is 3. The minimum atomic E-state index is -0.825. The minimum absolute atomic E-state index is 0.0281. The van der Waals surface area contributed by atoms with Crippen molar-refractivity contribution in [1.82, 2.24) is 0 Å². The molecular weight excluding hydrogens is 486 g/mol. The second-order valence-corrected chi connectivity index (χ2v) is 12.1. The fourth-order valence-electron chi connectivity index (χ4n) is 7.01. The average molecular weight is 537 g/mol. The molecule has 2 fully saturated rings. The molecule has 2 aromatic carbocycles. The molecule has 0 radical (unpaired) electrons. The average Bonchev–Trinajstić information content (AvgIpc) is 2.97. The summed E-state index contributed by atoms with van der Waals surface area (Å²) in [6.45, 7) is 4.39. The number of allylic oxidation sites excluding steroid dienone is 2. The van der Waals surface area contributed by atoms with Gasteiger partial charge in [0.15, 0.2) is 11.6 Å². The monoisotopic (exact) mass is 536 g/mol. The standard InChI is InChI=1S/C36H50F2O/c1-3-5-6-7-10-27-13-15-28(16-14-27)11-8-9-12-29-17-19-30(20-18-29)31-21-23-32(24-22-31)33-25-26-34(39-4-2)36(38)35(33)37/h9,12-16,25-26,29-32H,3-8,10-11,17-24H2,1-2H3. The third-order valence-corrected chi connectivity index (χ3v) is 9.42. The van der Waals surface area contributed by atoms with Crippen LogP contribution in [0.1, 0.15) is 120 Å². The molecule has 0 amide bonds. The molecule has 0 saturated heterocycles. The van der Waals surface area contributed by atoms with Crippen LogP contribution in [0.5, 0.6) is 5.75 Å². The van der Waals surface area contributed by atoms with Crippen molar-refractivity contribution in [3.8, 4) is 5.75 Å². The summed E-state index contributed by atoms with van der Waals surface area (Å²) in [7, 11) is 0. The summed E-state index contributed by atoms with van der Waals surface area (Å²) in [5.74, 6) is 0.909. The number of rotatable bonds is 13. The Kier molecular flexibility index (Phi) is 11.9. The first-order chi connectivity index (χ1) is 19.1. The number of hydrogen-bond donors (Lipinski definition) is 0. The molecule has 0 heterocycles. The lowest BCUT2D eigenvalue weighted by atomic mass is 9.68. The van der Waals surface area contributed by atoms with Gasteiger partial charge in [-0.2, -0.15) is 4.39 Å². The van der Waals surface area contributed by atoms with E-state index >= 15 is 0 Å². The van der Waals surface area contributed by atoms with Crippen LogP contribution in [0, 0.1) is 29.4 Å². The maximum absolute atomic E-state index is 14.7. The lowest BCUT2D eigenvalue weighted by Gasteiger charge is -2.37. The normalized spacial score (nSPS) is 23.8. The zero-order chi connectivity index (χ0) is 27.5. The molecule has 0 unspecified atom stereocenters. The Bertz CT molecular complexity index is 1010. The van der Waals surface area contributed by atoms with Crippen molar-refractivity contribution in [1.29, 1.82) is 0 Å². The van der Waals surface area contributed by atoms with Gasteiger partial charge in [-0.15, -0.1) is 0 Å². The predicted molar refractivity (Wildman–Crippen MR) is 159 cm³/mol. The van der Waals surface area contributed by atoms with Crippen molar-refractivity contribution < 1.29 is 13.5 Å². The van der Waals surface area contributed by atoms with Crippen molar-refractivity contribution in [3.63, 3.8) is 0 Å². The minimum Gasteiger partial charge on any atom is -0.491 e. The van der Waals surface area contributed by atoms with Crippen LogP contribution in [0.15, 0.2) is 48.6 Å². The van der Waals surface area contributed by atoms with Crippen LogP contribution >= 0.6 is 0 Å². The Morgan fingerprint density at radius 2 is 1.36 bits per heavy atom. The number of hydrogen-bond acceptors (Lipinski definition) is 1. The van der Waals surface area contributed by atoms with Gasteiger partial charge in [-0.25, -0.2) is 4.39 Å². The molecule has 2 aliphatic carbocycles. The lowest BCUT2D eigenvalue weighted by Crippen LogP contribution is -2.25. The van der Waals surface area contributed by atoms with E-state index in [1.165, 1.54) is 68.9 Å². The summed E-state index contributed by atoms with van der Waals surface area (Å²) in [5.41, 5.74) is 3.47. The van der Waals surface area contributed by atoms with Crippen molar-refractivity contribution >= 4 is 0 Å². The van der Waals surface area contributed by atoms with Crippen LogP contribution in [0.4, 0.5) is 8.78 Å². The van der Waals surface area contributed by atoms with E-state index in [-0.39, 0.29) is 11.7 Å². The van der Waals surface area contributed by atoms with E-state index in [0.717, 1.165) is 56.3 Å². The quantitative estimate of drug-likeness (QED) is 0.183. The molecule has 2 saturated carbocycles. The fraction of sp³-hybridized carbons (Fsp3) is 0.611. The van der Waals surface area contributed by atoms with Crippen molar-refractivity contribution in [2.24, 2.45) is 17.8 Å². The molecule has 0 aliphatic heterocycles. The summed E-state index contributed by atoms with van der Waals surface area (Å²) in [6, 6.07) is 12.6. The Morgan fingerprint density at radius 1 is 0.718 bits per heavy atom. The Morgan fingerprint density at radius 3 is 2.00 bits per heavy atom. The molecule has 3 heteroatoms. The van der Waals surface area contributed by atoms with Crippen LogP contribution in [-0.4, -0.2) is 6.61 Å².